The molecule has 62 valence electrons. The minimum atomic E-state index is 0.284. The fraction of sp³-hybridized carbons (Fsp3) is 0. The summed E-state index contributed by atoms with van der Waals surface area (Å²) in [5.74, 6) is 0. The fourth-order valence-corrected chi connectivity index (χ4v) is 1.02. The van der Waals surface area contributed by atoms with E-state index in [9.17, 15) is 0 Å². The first-order chi connectivity index (χ1) is 5.65. The third kappa shape index (κ3) is 1.74. The number of azide groups is 1. The lowest BCUT2D eigenvalue weighted by Crippen LogP contribution is -1.84. The Morgan fingerprint density at radius 1 is 1.33 bits per heavy atom. The molecular weight excluding hydrogens is 199 g/mol. The minimum Gasteiger partial charge on any atom is -0.398 e. The van der Waals surface area contributed by atoms with Crippen molar-refractivity contribution in [3.63, 3.8) is 0 Å². The molecule has 0 aliphatic carbocycles. The molecule has 12 heavy (non-hydrogen) atoms. The zero-order valence-electron chi connectivity index (χ0n) is 5.83. The van der Waals surface area contributed by atoms with Crippen molar-refractivity contribution in [3.05, 3.63) is 32.6 Å². The average Bonchev–Trinajstić information content (AvgIpc) is 2.01. The fourth-order valence-electron chi connectivity index (χ4n) is 0.687. The summed E-state index contributed by atoms with van der Waals surface area (Å²) in [4.78, 5) is 2.58. The van der Waals surface area contributed by atoms with Crippen LogP contribution in [0.4, 0.5) is 11.4 Å². The highest BCUT2D eigenvalue weighted by Gasteiger charge is 2.02. The average molecular weight is 203 g/mol. The van der Waals surface area contributed by atoms with Gasteiger partial charge in [-0.05, 0) is 17.7 Å². The van der Waals surface area contributed by atoms with E-state index in [1.54, 1.807) is 0 Å². The molecule has 0 fully saturated rings. The molecule has 1 aromatic rings. The molecule has 1 aromatic carbocycles. The van der Waals surface area contributed by atoms with Crippen LogP contribution in [0.5, 0.6) is 0 Å². The number of nitrogens with two attached hydrogens (primary N) is 1. The monoisotopic (exact) mass is 202 g/mol. The number of hydrogen-bond acceptors (Lipinski definition) is 2. The van der Waals surface area contributed by atoms with E-state index < -0.39 is 0 Å². The van der Waals surface area contributed by atoms with Gasteiger partial charge in [0.15, 0.2) is 0 Å². The summed E-state index contributed by atoms with van der Waals surface area (Å²) in [6.07, 6.45) is 0. The molecule has 2 N–H and O–H groups in total. The lowest BCUT2D eigenvalue weighted by Gasteiger charge is -2.00. The predicted octanol–water partition coefficient (Wildman–Crippen LogP) is 3.52. The number of benzene rings is 1. The first-order valence-corrected chi connectivity index (χ1v) is 3.70. The summed E-state index contributed by atoms with van der Waals surface area (Å²) < 4.78 is 0. The van der Waals surface area contributed by atoms with Crippen LogP contribution >= 0.6 is 23.2 Å². The lowest BCUT2D eigenvalue weighted by atomic mass is 10.3. The first-order valence-electron chi connectivity index (χ1n) is 2.94. The number of halogens is 2. The zero-order chi connectivity index (χ0) is 9.14. The number of rotatable bonds is 1. The highest BCUT2D eigenvalue weighted by Crippen LogP contribution is 2.32. The third-order valence-corrected chi connectivity index (χ3v) is 1.94. The van der Waals surface area contributed by atoms with Crippen molar-refractivity contribution in [2.45, 2.75) is 0 Å². The second-order valence-electron chi connectivity index (χ2n) is 2.01. The van der Waals surface area contributed by atoms with E-state index in [4.69, 9.17) is 34.5 Å². The topological polar surface area (TPSA) is 74.8 Å². The first kappa shape index (κ1) is 9.00. The van der Waals surface area contributed by atoms with E-state index in [1.807, 2.05) is 0 Å². The summed E-state index contributed by atoms with van der Waals surface area (Å²) >= 11 is 11.3. The summed E-state index contributed by atoms with van der Waals surface area (Å²) in [6, 6.07) is 2.85. The predicted molar refractivity (Wildman–Crippen MR) is 49.7 cm³/mol. The van der Waals surface area contributed by atoms with Gasteiger partial charge in [-0.1, -0.05) is 28.3 Å². The van der Waals surface area contributed by atoms with Crippen LogP contribution in [0.25, 0.3) is 10.4 Å². The lowest BCUT2D eigenvalue weighted by molar-refractivity contribution is 1.48. The molecule has 0 saturated heterocycles. The number of nitrogen functional groups attached to an aromatic ring is 1. The van der Waals surface area contributed by atoms with E-state index in [0.717, 1.165) is 0 Å². The highest BCUT2D eigenvalue weighted by molar-refractivity contribution is 6.42. The normalized spacial score (nSPS) is 9.17. The van der Waals surface area contributed by atoms with Crippen molar-refractivity contribution in [2.24, 2.45) is 5.11 Å². The molecule has 0 atom stereocenters. The molecule has 0 amide bonds. The van der Waals surface area contributed by atoms with Crippen LogP contribution in [0.2, 0.25) is 10.0 Å². The Balaban J connectivity index is 3.32. The van der Waals surface area contributed by atoms with Crippen LogP contribution in [-0.2, 0) is 0 Å². The molecule has 0 aromatic heterocycles. The van der Waals surface area contributed by atoms with Crippen molar-refractivity contribution in [2.75, 3.05) is 5.73 Å². The van der Waals surface area contributed by atoms with E-state index in [0.29, 0.717) is 15.7 Å². The molecule has 0 bridgehead atoms. The standard InChI is InChI=1S/C6H4Cl2N4/c7-3-1-5(9)6(11-12-10)2-4(3)8/h1-2H,9H2. The number of anilines is 1. The summed E-state index contributed by atoms with van der Waals surface area (Å²) in [5, 5.41) is 3.97. The Bertz CT molecular complexity index is 357. The number of nitrogens with zero attached hydrogens (tertiary/aromatic N) is 3. The van der Waals surface area contributed by atoms with E-state index >= 15 is 0 Å². The van der Waals surface area contributed by atoms with Gasteiger partial charge in [0.1, 0.15) is 0 Å². The number of hydrogen-bond donors (Lipinski definition) is 1. The summed E-state index contributed by atoms with van der Waals surface area (Å²) in [7, 11) is 0. The maximum absolute atomic E-state index is 8.13. The smallest absolute Gasteiger partial charge is 0.0620 e. The molecular formula is C6H4Cl2N4. The quantitative estimate of drug-likeness (QED) is 0.322. The van der Waals surface area contributed by atoms with Crippen molar-refractivity contribution >= 4 is 34.6 Å². The summed E-state index contributed by atoms with van der Waals surface area (Å²) in [5.41, 5.74) is 14.2. The van der Waals surface area contributed by atoms with Crippen LogP contribution in [0.3, 0.4) is 0 Å². The van der Waals surface area contributed by atoms with Gasteiger partial charge in [0.05, 0.1) is 15.7 Å². The van der Waals surface area contributed by atoms with E-state index in [1.165, 1.54) is 12.1 Å². The Morgan fingerprint density at radius 3 is 2.50 bits per heavy atom. The largest absolute Gasteiger partial charge is 0.398 e. The molecule has 6 heteroatoms. The van der Waals surface area contributed by atoms with Crippen LogP contribution in [0, 0.1) is 0 Å². The van der Waals surface area contributed by atoms with Crippen molar-refractivity contribution < 1.29 is 0 Å². The molecule has 0 unspecified atom stereocenters. The molecule has 4 nitrogen and oxygen atoms in total. The highest BCUT2D eigenvalue weighted by atomic mass is 35.5. The van der Waals surface area contributed by atoms with E-state index in [-0.39, 0.29) is 5.69 Å². The van der Waals surface area contributed by atoms with Gasteiger partial charge in [-0.2, -0.15) is 0 Å². The van der Waals surface area contributed by atoms with Crippen LogP contribution in [-0.4, -0.2) is 0 Å². The van der Waals surface area contributed by atoms with Gasteiger partial charge in [0.2, 0.25) is 0 Å². The van der Waals surface area contributed by atoms with Gasteiger partial charge in [0.25, 0.3) is 0 Å². The van der Waals surface area contributed by atoms with Gasteiger partial charge >= 0.3 is 0 Å². The third-order valence-electron chi connectivity index (χ3n) is 1.22. The zero-order valence-corrected chi connectivity index (χ0v) is 7.34. The van der Waals surface area contributed by atoms with Gasteiger partial charge in [-0.25, -0.2) is 0 Å². The molecule has 0 spiro atoms. The van der Waals surface area contributed by atoms with Crippen LogP contribution in [0.1, 0.15) is 0 Å². The molecule has 0 aliphatic heterocycles. The van der Waals surface area contributed by atoms with Gasteiger partial charge in [-0.3, -0.25) is 0 Å². The molecule has 1 rings (SSSR count). The second-order valence-corrected chi connectivity index (χ2v) is 2.83. The van der Waals surface area contributed by atoms with Gasteiger partial charge < -0.3 is 5.73 Å². The van der Waals surface area contributed by atoms with Crippen molar-refractivity contribution in [1.29, 1.82) is 0 Å². The van der Waals surface area contributed by atoms with Crippen molar-refractivity contribution in [1.82, 2.24) is 0 Å². The molecule has 0 saturated carbocycles. The van der Waals surface area contributed by atoms with E-state index in [2.05, 4.69) is 10.0 Å². The van der Waals surface area contributed by atoms with Crippen LogP contribution < -0.4 is 5.73 Å². The Morgan fingerprint density at radius 2 is 1.92 bits per heavy atom. The Hall–Kier alpha value is -1.09. The Kier molecular flexibility index (Phi) is 2.65. The summed E-state index contributed by atoms with van der Waals surface area (Å²) in [6.45, 7) is 0. The Labute approximate surface area is 78.5 Å². The minimum absolute atomic E-state index is 0.284. The maximum atomic E-state index is 8.13. The SMILES string of the molecule is [N-]=[N+]=Nc1cc(Cl)c(Cl)cc1N. The maximum Gasteiger partial charge on any atom is 0.0620 e. The van der Waals surface area contributed by atoms with Gasteiger partial charge in [0, 0.05) is 10.6 Å². The second kappa shape index (κ2) is 3.54. The molecule has 0 heterocycles. The van der Waals surface area contributed by atoms with Gasteiger partial charge in [-0.15, -0.1) is 0 Å². The molecule has 0 radical (unpaired) electrons. The van der Waals surface area contributed by atoms with Crippen molar-refractivity contribution in [3.8, 4) is 0 Å². The van der Waals surface area contributed by atoms with Crippen LogP contribution in [0.15, 0.2) is 17.2 Å². The molecule has 0 aliphatic rings.